The lowest BCUT2D eigenvalue weighted by molar-refractivity contribution is -0.938. The van der Waals surface area contributed by atoms with Crippen LogP contribution >= 0.6 is 0 Å². The summed E-state index contributed by atoms with van der Waals surface area (Å²) >= 11 is 0. The van der Waals surface area contributed by atoms with Crippen LogP contribution in [0.25, 0.3) is 4.13 Å². The number of quaternary nitrogens is 1. The van der Waals surface area contributed by atoms with E-state index in [0.29, 0.717) is 43.9 Å². The van der Waals surface area contributed by atoms with Crippen molar-refractivity contribution in [1.29, 1.82) is 0 Å². The topological polar surface area (TPSA) is 121 Å². The van der Waals surface area contributed by atoms with Gasteiger partial charge in [0, 0.05) is 24.7 Å². The highest BCUT2D eigenvalue weighted by Gasteiger charge is 2.29. The molecule has 0 aliphatic heterocycles. The lowest BCUT2D eigenvalue weighted by atomic mass is 9.78. The van der Waals surface area contributed by atoms with Gasteiger partial charge < -0.3 is 23.2 Å². The maximum Gasteiger partial charge on any atom is 0.240 e. The van der Waals surface area contributed by atoms with Crippen molar-refractivity contribution in [3.05, 3.63) is 118 Å². The van der Waals surface area contributed by atoms with E-state index >= 15 is 0 Å². The summed E-state index contributed by atoms with van der Waals surface area (Å²) in [4.78, 5) is -0.386. The van der Waals surface area contributed by atoms with Crippen LogP contribution in [0.4, 0.5) is 3.89 Å². The Morgan fingerprint density at radius 2 is 1.38 bits per heavy atom. The zero-order valence-corrected chi connectivity index (χ0v) is 29.9. The Hall–Kier alpha value is -3.13. The fourth-order valence-electron chi connectivity index (χ4n) is 6.39. The van der Waals surface area contributed by atoms with Crippen molar-refractivity contribution >= 4 is 20.4 Å². The maximum atomic E-state index is 13.0. The zero-order chi connectivity index (χ0) is 35.4. The maximum absolute atomic E-state index is 13.0. The molecule has 48 heavy (non-hydrogen) atoms. The molecule has 0 amide bonds. The fraction of sp³-hybridized carbons (Fsp3) is 0.444. The van der Waals surface area contributed by atoms with Gasteiger partial charge in [0.05, 0.1) is 13.2 Å². The van der Waals surface area contributed by atoms with Gasteiger partial charge >= 0.3 is 0 Å². The summed E-state index contributed by atoms with van der Waals surface area (Å²) in [5, 5.41) is 10.2. The van der Waals surface area contributed by atoms with E-state index in [4.69, 9.17) is 9.47 Å². The van der Waals surface area contributed by atoms with Gasteiger partial charge in [0.25, 0.3) is 0 Å². The Labute approximate surface area is 286 Å². The second-order valence-electron chi connectivity index (χ2n) is 12.5. The second-order valence-corrected chi connectivity index (χ2v) is 15.4. The molecule has 3 unspecified atom stereocenters. The normalized spacial score (nSPS) is 14.4. The third-order valence-electron chi connectivity index (χ3n) is 8.93. The molecular formula is C36H49FN2O7S2. The molecule has 264 valence electrons. The van der Waals surface area contributed by atoms with Gasteiger partial charge in [0.1, 0.15) is 42.0 Å². The first-order chi connectivity index (χ1) is 22.7. The first kappa shape index (κ1) is 39.3. The zero-order valence-electron chi connectivity index (χ0n) is 28.3. The molecule has 0 heterocycles. The molecule has 0 fully saturated rings. The van der Waals surface area contributed by atoms with Gasteiger partial charge in [-0.2, -0.15) is 0 Å². The smallest absolute Gasteiger partial charge is 0.240 e. The number of halogens is 1. The van der Waals surface area contributed by atoms with Gasteiger partial charge in [0.15, 0.2) is 0 Å². The molecule has 0 aliphatic carbocycles. The monoisotopic (exact) mass is 704 g/mol. The van der Waals surface area contributed by atoms with Crippen molar-refractivity contribution < 1.29 is 39.8 Å². The molecule has 0 radical (unpaired) electrons. The van der Waals surface area contributed by atoms with E-state index in [1.54, 1.807) is 26.4 Å². The molecule has 0 bridgehead atoms. The number of methoxy groups -OCH3 is 2. The predicted molar refractivity (Wildman–Crippen MR) is 187 cm³/mol. The van der Waals surface area contributed by atoms with Crippen LogP contribution in [-0.4, -0.2) is 73.5 Å². The minimum absolute atomic E-state index is 0.0417. The number of ether oxygens (including phenoxy) is 2. The van der Waals surface area contributed by atoms with Crippen molar-refractivity contribution in [3.63, 3.8) is 0 Å². The van der Waals surface area contributed by atoms with Crippen LogP contribution in [0, 0.1) is 0 Å². The van der Waals surface area contributed by atoms with Gasteiger partial charge in [-0.1, -0.05) is 87.2 Å². The quantitative estimate of drug-likeness (QED) is 0.0692. The Bertz CT molecular complexity index is 1640. The average Bonchev–Trinajstić information content (AvgIpc) is 3.04. The molecule has 1 N–H and O–H groups in total. The van der Waals surface area contributed by atoms with Crippen LogP contribution in [-0.2, 0) is 36.5 Å². The highest BCUT2D eigenvalue weighted by molar-refractivity contribution is 8.10. The predicted octanol–water partition coefficient (Wildman–Crippen LogP) is 7.51. The largest absolute Gasteiger partial charge is 0.507 e. The third-order valence-corrected chi connectivity index (χ3v) is 11.3. The molecular weight excluding hydrogens is 656 g/mol. The lowest BCUT2D eigenvalue weighted by Crippen LogP contribution is -2.52. The van der Waals surface area contributed by atoms with Crippen molar-refractivity contribution in [2.45, 2.75) is 62.3 Å². The van der Waals surface area contributed by atoms with Gasteiger partial charge in [-0.15, -0.1) is 3.89 Å². The van der Waals surface area contributed by atoms with Crippen molar-refractivity contribution in [2.75, 3.05) is 47.1 Å². The molecule has 0 aromatic heterocycles. The number of hydrogen-bond acceptors (Lipinski definition) is 7. The molecule has 3 atom stereocenters. The number of rotatable bonds is 21. The van der Waals surface area contributed by atoms with Crippen LogP contribution in [0.1, 0.15) is 73.1 Å². The van der Waals surface area contributed by atoms with E-state index in [0.717, 1.165) is 30.4 Å². The average molecular weight is 705 g/mol. The van der Waals surface area contributed by atoms with Crippen LogP contribution in [0.2, 0.25) is 0 Å². The number of benzene rings is 3. The van der Waals surface area contributed by atoms with E-state index in [-0.39, 0.29) is 28.4 Å². The highest BCUT2D eigenvalue weighted by atomic mass is 32.3. The minimum Gasteiger partial charge on any atom is -0.507 e. The van der Waals surface area contributed by atoms with Crippen molar-refractivity contribution in [3.8, 4) is 0 Å². The summed E-state index contributed by atoms with van der Waals surface area (Å²) in [5.74, 6) is 0.658. The third kappa shape index (κ3) is 12.1. The first-order valence-electron chi connectivity index (χ1n) is 16.1. The number of aliphatic hydroxyl groups is 1. The Morgan fingerprint density at radius 1 is 0.833 bits per heavy atom. The molecule has 0 saturated heterocycles. The van der Waals surface area contributed by atoms with Gasteiger partial charge in [-0.25, -0.2) is 16.8 Å². The van der Waals surface area contributed by atoms with Crippen LogP contribution in [0.5, 0.6) is 0 Å². The number of aliphatic hydroxyl groups excluding tert-OH is 1. The summed E-state index contributed by atoms with van der Waals surface area (Å²) in [6.07, 6.45) is 2.63. The van der Waals surface area contributed by atoms with E-state index < -0.39 is 20.4 Å². The van der Waals surface area contributed by atoms with Crippen LogP contribution in [0.15, 0.2) is 96.1 Å². The molecule has 9 nitrogen and oxygen atoms in total. The summed E-state index contributed by atoms with van der Waals surface area (Å²) in [6, 6.07) is 24.8. The molecule has 3 aromatic rings. The molecule has 0 aliphatic rings. The molecule has 0 spiro atoms. The van der Waals surface area contributed by atoms with E-state index in [1.807, 2.05) is 18.2 Å². The summed E-state index contributed by atoms with van der Waals surface area (Å²) < 4.78 is 72.7. The summed E-state index contributed by atoms with van der Waals surface area (Å²) in [7, 11) is -6.87. The molecule has 3 rings (SSSR count). The molecule has 12 heteroatoms. The Balaban J connectivity index is 1.82. The van der Waals surface area contributed by atoms with E-state index in [2.05, 4.69) is 61.0 Å². The van der Waals surface area contributed by atoms with Gasteiger partial charge in [-0.05, 0) is 65.8 Å². The summed E-state index contributed by atoms with van der Waals surface area (Å²) in [6.45, 7) is 11.7. The number of sulfonamides is 1. The van der Waals surface area contributed by atoms with Gasteiger partial charge in [-0.3, -0.25) is 0 Å². The molecule has 3 aromatic carbocycles. The second kappa shape index (κ2) is 18.0. The Morgan fingerprint density at radius 3 is 1.88 bits per heavy atom. The van der Waals surface area contributed by atoms with Crippen LogP contribution < -0.4 is 0 Å². The fourth-order valence-corrected chi connectivity index (χ4v) is 8.15. The highest BCUT2D eigenvalue weighted by Crippen LogP contribution is 2.39. The number of nitrogens with zero attached hydrogens (tertiary/aromatic N) is 2. The standard InChI is InChI=1S/C36H49FN2O7S2/c1-6-31(34-14-12-30(13-15-34)27-39(20-22-45-4,21-23-46-5)26-29(3)40)25-35(33-10-8-7-9-11-33)24-28(2)32-16-18-36(19-17-32)47(41,42)38-48(37,43)44/h7-19,28,31,35,40H,3,6,20-27H2,1-2,4-5H3. The molecule has 0 saturated carbocycles. The number of hydrogen-bond donors (Lipinski definition) is 1. The van der Waals surface area contributed by atoms with Crippen molar-refractivity contribution in [1.82, 2.24) is 0 Å². The van der Waals surface area contributed by atoms with E-state index in [9.17, 15) is 25.8 Å². The summed E-state index contributed by atoms with van der Waals surface area (Å²) in [5.41, 5.74) is 4.49. The van der Waals surface area contributed by atoms with E-state index in [1.165, 1.54) is 23.3 Å². The van der Waals surface area contributed by atoms with Crippen LogP contribution in [0.3, 0.4) is 0 Å². The lowest BCUT2D eigenvalue weighted by Gasteiger charge is -2.38. The minimum atomic E-state index is -5.55. The Kier molecular flexibility index (Phi) is 14.8. The first-order valence-corrected chi connectivity index (χ1v) is 18.9. The van der Waals surface area contributed by atoms with Gasteiger partial charge in [0.2, 0.25) is 10.4 Å². The van der Waals surface area contributed by atoms with Crippen molar-refractivity contribution in [2.24, 2.45) is 0 Å². The SMILES string of the molecule is C=C(O)C[N+](CCOC)(CCOC)Cc1ccc(C(CC)CC(CC(C)c2ccc(S(=O)(=O)[N-]S(=O)(=O)F)cc2)c2ccccc2)cc1.